The van der Waals surface area contributed by atoms with Gasteiger partial charge in [-0.2, -0.15) is 0 Å². The van der Waals surface area contributed by atoms with Gasteiger partial charge in [-0.15, -0.1) is 12.4 Å². The first-order valence-corrected chi connectivity index (χ1v) is 13.2. The van der Waals surface area contributed by atoms with Gasteiger partial charge < -0.3 is 30.4 Å². The number of amides is 1. The summed E-state index contributed by atoms with van der Waals surface area (Å²) in [4.78, 5) is 12.9. The van der Waals surface area contributed by atoms with Crippen molar-refractivity contribution in [2.75, 3.05) is 34.0 Å². The molecule has 0 aromatic heterocycles. The van der Waals surface area contributed by atoms with Crippen molar-refractivity contribution in [1.82, 2.24) is 5.32 Å². The fourth-order valence-electron chi connectivity index (χ4n) is 4.30. The van der Waals surface area contributed by atoms with E-state index in [0.29, 0.717) is 37.1 Å². The highest BCUT2D eigenvalue weighted by atomic mass is 35.5. The Morgan fingerprint density at radius 2 is 1.74 bits per heavy atom. The number of benzene rings is 2. The summed E-state index contributed by atoms with van der Waals surface area (Å²) in [5, 5.41) is 13.7. The van der Waals surface area contributed by atoms with Crippen molar-refractivity contribution in [3.8, 4) is 11.5 Å². The first-order chi connectivity index (χ1) is 17.6. The van der Waals surface area contributed by atoms with Gasteiger partial charge in [0.1, 0.15) is 0 Å². The second kappa shape index (κ2) is 16.6. The number of carbonyl (C=O) groups is 1. The minimum atomic E-state index is -0.840. The Morgan fingerprint density at radius 3 is 2.34 bits per heavy atom. The van der Waals surface area contributed by atoms with E-state index in [1.54, 1.807) is 14.2 Å². The molecule has 0 aliphatic rings. The van der Waals surface area contributed by atoms with Crippen molar-refractivity contribution in [2.24, 2.45) is 17.6 Å². The second-order valence-corrected chi connectivity index (χ2v) is 10.6. The smallest absolute Gasteiger partial charge is 0.230 e. The zero-order valence-corrected chi connectivity index (χ0v) is 24.6. The number of rotatable bonds is 16. The van der Waals surface area contributed by atoms with Crippen molar-refractivity contribution in [1.29, 1.82) is 0 Å². The Hall–Kier alpha value is -2.32. The molecule has 3 atom stereocenters. The molecule has 0 unspecified atom stereocenters. The van der Waals surface area contributed by atoms with Crippen LogP contribution in [0.5, 0.6) is 11.5 Å². The lowest BCUT2D eigenvalue weighted by Gasteiger charge is -2.29. The van der Waals surface area contributed by atoms with Crippen molar-refractivity contribution in [3.05, 3.63) is 59.7 Å². The molecule has 4 N–H and O–H groups in total. The van der Waals surface area contributed by atoms with Crippen molar-refractivity contribution < 1.29 is 24.1 Å². The number of nitrogens with two attached hydrogens (primary N) is 1. The van der Waals surface area contributed by atoms with E-state index in [4.69, 9.17) is 19.9 Å². The van der Waals surface area contributed by atoms with Crippen LogP contribution < -0.4 is 20.5 Å². The molecule has 0 fully saturated rings. The van der Waals surface area contributed by atoms with Crippen molar-refractivity contribution in [2.45, 2.75) is 64.5 Å². The number of carbonyl (C=O) groups excluding carboxylic acids is 1. The number of halogens is 1. The number of hydrogen-bond acceptors (Lipinski definition) is 6. The second-order valence-electron chi connectivity index (χ2n) is 10.6. The molecular weight excluding hydrogens is 504 g/mol. The molecule has 1 amide bonds. The molecule has 2 aromatic rings. The molecular formula is C30H47ClN2O5. The third-order valence-electron chi connectivity index (χ3n) is 7.02. The van der Waals surface area contributed by atoms with Crippen molar-refractivity contribution in [3.63, 3.8) is 0 Å². The van der Waals surface area contributed by atoms with E-state index in [-0.39, 0.29) is 30.8 Å². The summed E-state index contributed by atoms with van der Waals surface area (Å²) in [6, 6.07) is 15.2. The van der Waals surface area contributed by atoms with Crippen LogP contribution in [0, 0.1) is 11.8 Å². The lowest BCUT2D eigenvalue weighted by molar-refractivity contribution is -0.126. The van der Waals surface area contributed by atoms with E-state index >= 15 is 0 Å². The average Bonchev–Trinajstić information content (AvgIpc) is 2.89. The summed E-state index contributed by atoms with van der Waals surface area (Å²) in [6.45, 7) is 9.39. The lowest BCUT2D eigenvalue weighted by Crippen LogP contribution is -2.48. The van der Waals surface area contributed by atoms with E-state index in [1.807, 2.05) is 62.4 Å². The van der Waals surface area contributed by atoms with Gasteiger partial charge >= 0.3 is 0 Å². The quantitative estimate of drug-likeness (QED) is 0.266. The Labute approximate surface area is 234 Å². The molecule has 2 aromatic carbocycles. The van der Waals surface area contributed by atoms with Crippen LogP contribution in [0.25, 0.3) is 0 Å². The molecule has 0 heterocycles. The Morgan fingerprint density at radius 1 is 1.05 bits per heavy atom. The SMILES string of the molecule is COCCCOc1cc(C[C@@H](C[C@H](N)[C@@H](O)CNC(=O)C(C)(C)c2ccccc2)C(C)C)ccc1OC.Cl. The fourth-order valence-corrected chi connectivity index (χ4v) is 4.30. The predicted molar refractivity (Wildman–Crippen MR) is 155 cm³/mol. The summed E-state index contributed by atoms with van der Waals surface area (Å²) in [5.41, 5.74) is 7.77. The van der Waals surface area contributed by atoms with Gasteiger partial charge in [-0.05, 0) is 61.8 Å². The zero-order chi connectivity index (χ0) is 27.4. The molecule has 7 nitrogen and oxygen atoms in total. The number of aliphatic hydroxyl groups excluding tert-OH is 1. The molecule has 0 aliphatic carbocycles. The lowest BCUT2D eigenvalue weighted by atomic mass is 9.82. The van der Waals surface area contributed by atoms with Crippen LogP contribution in [0.15, 0.2) is 48.5 Å². The Balaban J connectivity index is 0.00000722. The summed E-state index contributed by atoms with van der Waals surface area (Å²) in [6.07, 6.45) is 1.38. The number of nitrogens with one attached hydrogen (secondary N) is 1. The van der Waals surface area contributed by atoms with E-state index < -0.39 is 17.6 Å². The Bertz CT molecular complexity index is 955. The molecule has 2 rings (SSSR count). The van der Waals surface area contributed by atoms with Gasteiger partial charge in [0.2, 0.25) is 5.91 Å². The summed E-state index contributed by atoms with van der Waals surface area (Å²) >= 11 is 0. The molecule has 0 radical (unpaired) electrons. The average molecular weight is 551 g/mol. The number of hydrogen-bond donors (Lipinski definition) is 3. The fraction of sp³-hybridized carbons (Fsp3) is 0.567. The molecule has 0 aliphatic heterocycles. The van der Waals surface area contributed by atoms with Gasteiger partial charge in [0.15, 0.2) is 11.5 Å². The van der Waals surface area contributed by atoms with Crippen LogP contribution in [0.2, 0.25) is 0 Å². The van der Waals surface area contributed by atoms with Gasteiger partial charge in [0.25, 0.3) is 0 Å². The van der Waals surface area contributed by atoms with Gasteiger partial charge in [-0.3, -0.25) is 4.79 Å². The van der Waals surface area contributed by atoms with E-state index in [9.17, 15) is 9.90 Å². The Kier molecular flexibility index (Phi) is 14.7. The maximum absolute atomic E-state index is 12.9. The van der Waals surface area contributed by atoms with Crippen molar-refractivity contribution >= 4 is 18.3 Å². The molecule has 0 saturated heterocycles. The first-order valence-electron chi connectivity index (χ1n) is 13.2. The minimum absolute atomic E-state index is 0. The summed E-state index contributed by atoms with van der Waals surface area (Å²) in [7, 11) is 3.31. The molecule has 8 heteroatoms. The standard InChI is InChI=1S/C30H46N2O5.ClH/c1-21(2)23(17-22-13-14-27(36-6)28(18-22)37-16-10-15-35-5)19-25(31)26(33)20-32-29(34)30(3,4)24-11-8-7-9-12-24;/h7-9,11-14,18,21,23,25-26,33H,10,15-17,19-20,31H2,1-6H3,(H,32,34);1H/t23-,25-,26-;/m0./s1. The highest BCUT2D eigenvalue weighted by Gasteiger charge is 2.30. The predicted octanol–water partition coefficient (Wildman–Crippen LogP) is 4.52. The van der Waals surface area contributed by atoms with E-state index in [0.717, 1.165) is 24.0 Å². The largest absolute Gasteiger partial charge is 0.493 e. The number of aliphatic hydroxyl groups is 1. The molecule has 0 bridgehead atoms. The highest BCUT2D eigenvalue weighted by molar-refractivity contribution is 5.87. The van der Waals surface area contributed by atoms with E-state index in [1.165, 1.54) is 0 Å². The molecule has 214 valence electrons. The maximum Gasteiger partial charge on any atom is 0.230 e. The number of ether oxygens (including phenoxy) is 3. The normalized spacial score (nSPS) is 13.8. The van der Waals surface area contributed by atoms with Crippen LogP contribution in [0.3, 0.4) is 0 Å². The number of methoxy groups -OCH3 is 2. The van der Waals surface area contributed by atoms with Gasteiger partial charge in [0.05, 0.1) is 25.2 Å². The monoisotopic (exact) mass is 550 g/mol. The zero-order valence-electron chi connectivity index (χ0n) is 23.7. The molecule has 0 saturated carbocycles. The third kappa shape index (κ3) is 10.1. The molecule has 38 heavy (non-hydrogen) atoms. The molecule has 0 spiro atoms. The third-order valence-corrected chi connectivity index (χ3v) is 7.02. The van der Waals surface area contributed by atoms with Crippen LogP contribution in [0.4, 0.5) is 0 Å². The summed E-state index contributed by atoms with van der Waals surface area (Å²) < 4.78 is 16.5. The summed E-state index contributed by atoms with van der Waals surface area (Å²) in [5.74, 6) is 1.88. The topological polar surface area (TPSA) is 103 Å². The van der Waals surface area contributed by atoms with Gasteiger partial charge in [-0.25, -0.2) is 0 Å². The van der Waals surface area contributed by atoms with Crippen LogP contribution >= 0.6 is 12.4 Å². The highest BCUT2D eigenvalue weighted by Crippen LogP contribution is 2.31. The first kappa shape index (κ1) is 33.7. The maximum atomic E-state index is 12.9. The van der Waals surface area contributed by atoms with Gasteiger partial charge in [0, 0.05) is 32.7 Å². The van der Waals surface area contributed by atoms with Crippen LogP contribution in [-0.2, 0) is 21.4 Å². The van der Waals surface area contributed by atoms with Gasteiger partial charge in [-0.1, -0.05) is 50.2 Å². The van der Waals surface area contributed by atoms with Crippen LogP contribution in [-0.4, -0.2) is 57.1 Å². The van der Waals surface area contributed by atoms with Crippen LogP contribution in [0.1, 0.15) is 51.7 Å². The van der Waals surface area contributed by atoms with E-state index in [2.05, 4.69) is 19.2 Å². The minimum Gasteiger partial charge on any atom is -0.493 e.